The Balaban J connectivity index is 1.46. The SMILES string of the molecule is CC1(C(=O)NC23CC(NC(=O)I)(C2)C3)COc2ccccc21. The van der Waals surface area contributed by atoms with Gasteiger partial charge in [-0.1, -0.05) is 18.2 Å². The average Bonchev–Trinajstić information content (AvgIpc) is 2.74. The smallest absolute Gasteiger partial charge is 0.281 e. The van der Waals surface area contributed by atoms with Crippen molar-refractivity contribution in [2.24, 2.45) is 0 Å². The fourth-order valence-corrected chi connectivity index (χ4v) is 4.75. The summed E-state index contributed by atoms with van der Waals surface area (Å²) in [6.07, 6.45) is 2.50. The van der Waals surface area contributed by atoms with Gasteiger partial charge in [-0.25, -0.2) is 0 Å². The van der Waals surface area contributed by atoms with Crippen LogP contribution < -0.4 is 15.4 Å². The van der Waals surface area contributed by atoms with Gasteiger partial charge in [0.05, 0.1) is 0 Å². The Bertz CT molecular complexity index is 670. The number of benzene rings is 1. The number of para-hydroxylation sites is 1. The molecule has 0 aromatic heterocycles. The molecule has 2 amide bonds. The summed E-state index contributed by atoms with van der Waals surface area (Å²) in [5, 5.41) is 6.19. The average molecular weight is 412 g/mol. The molecule has 0 radical (unpaired) electrons. The van der Waals surface area contributed by atoms with Crippen molar-refractivity contribution in [1.29, 1.82) is 0 Å². The molecule has 2 N–H and O–H groups in total. The minimum absolute atomic E-state index is 0.0200. The van der Waals surface area contributed by atoms with Crippen LogP contribution in [0, 0.1) is 0 Å². The molecule has 0 spiro atoms. The summed E-state index contributed by atoms with van der Waals surface area (Å²) in [4.78, 5) is 24.0. The summed E-state index contributed by atoms with van der Waals surface area (Å²) in [7, 11) is 0. The summed E-state index contributed by atoms with van der Waals surface area (Å²) < 4.78 is 5.64. The number of amides is 2. The Hall–Kier alpha value is -1.31. The molecule has 1 aliphatic heterocycles. The molecule has 5 nitrogen and oxygen atoms in total. The van der Waals surface area contributed by atoms with Gasteiger partial charge in [0, 0.05) is 39.2 Å². The molecule has 0 saturated heterocycles. The van der Waals surface area contributed by atoms with Gasteiger partial charge in [0.15, 0.2) is 0 Å². The molecule has 1 aromatic carbocycles. The Morgan fingerprint density at radius 1 is 1.14 bits per heavy atom. The quantitative estimate of drug-likeness (QED) is 0.455. The third kappa shape index (κ3) is 1.89. The van der Waals surface area contributed by atoms with Crippen LogP contribution in [0.3, 0.4) is 0 Å². The van der Waals surface area contributed by atoms with E-state index in [1.165, 1.54) is 0 Å². The van der Waals surface area contributed by atoms with E-state index in [0.29, 0.717) is 6.61 Å². The number of rotatable bonds is 3. The third-order valence-corrected chi connectivity index (χ3v) is 5.54. The molecule has 116 valence electrons. The fraction of sp³-hybridized carbons (Fsp3) is 0.500. The predicted octanol–water partition coefficient (Wildman–Crippen LogP) is 2.27. The van der Waals surface area contributed by atoms with Gasteiger partial charge in [-0.05, 0) is 32.3 Å². The lowest BCUT2D eigenvalue weighted by molar-refractivity contribution is -0.144. The largest absolute Gasteiger partial charge is 0.492 e. The number of halogens is 1. The molecule has 1 heterocycles. The van der Waals surface area contributed by atoms with Crippen molar-refractivity contribution in [2.45, 2.75) is 42.7 Å². The maximum Gasteiger partial charge on any atom is 0.281 e. The summed E-state index contributed by atoms with van der Waals surface area (Å²) in [5.74, 6) is 0.818. The van der Waals surface area contributed by atoms with Crippen molar-refractivity contribution in [3.05, 3.63) is 29.8 Å². The number of nitrogens with one attached hydrogen (secondary N) is 2. The first kappa shape index (κ1) is 14.3. The van der Waals surface area contributed by atoms with Gasteiger partial charge in [-0.3, -0.25) is 9.59 Å². The number of fused-ring (bicyclic) bond motifs is 1. The highest BCUT2D eigenvalue weighted by atomic mass is 127. The molecule has 3 aliphatic carbocycles. The number of hydrogen-bond donors (Lipinski definition) is 2. The second-order valence-electron chi connectivity index (χ2n) is 7.06. The van der Waals surface area contributed by atoms with Crippen LogP contribution >= 0.6 is 22.6 Å². The lowest BCUT2D eigenvalue weighted by Crippen LogP contribution is -2.84. The summed E-state index contributed by atoms with van der Waals surface area (Å²) in [6, 6.07) is 7.71. The van der Waals surface area contributed by atoms with Crippen molar-refractivity contribution in [3.8, 4) is 5.75 Å². The van der Waals surface area contributed by atoms with Gasteiger partial charge in [-0.2, -0.15) is 0 Å². The van der Waals surface area contributed by atoms with Crippen molar-refractivity contribution in [3.63, 3.8) is 0 Å². The van der Waals surface area contributed by atoms with Gasteiger partial charge in [0.2, 0.25) is 5.91 Å². The fourth-order valence-electron chi connectivity index (χ4n) is 4.18. The van der Waals surface area contributed by atoms with Gasteiger partial charge in [0.1, 0.15) is 17.8 Å². The van der Waals surface area contributed by atoms with Crippen LogP contribution in [-0.2, 0) is 10.2 Å². The zero-order valence-electron chi connectivity index (χ0n) is 12.2. The molecule has 1 atom stereocenters. The normalized spacial score (nSPS) is 37.2. The van der Waals surface area contributed by atoms with E-state index < -0.39 is 5.41 Å². The molecular formula is C16H17IN2O3. The van der Waals surface area contributed by atoms with E-state index in [2.05, 4.69) is 10.6 Å². The van der Waals surface area contributed by atoms with Gasteiger partial charge < -0.3 is 15.4 Å². The van der Waals surface area contributed by atoms with E-state index in [1.807, 2.05) is 31.2 Å². The molecule has 1 unspecified atom stereocenters. The van der Waals surface area contributed by atoms with Gasteiger partial charge in [0.25, 0.3) is 3.91 Å². The van der Waals surface area contributed by atoms with E-state index in [0.717, 1.165) is 30.6 Å². The molecule has 4 aliphatic rings. The third-order valence-electron chi connectivity index (χ3n) is 5.27. The van der Waals surface area contributed by atoms with Crippen molar-refractivity contribution in [2.75, 3.05) is 6.61 Å². The van der Waals surface area contributed by atoms with Gasteiger partial charge in [-0.15, -0.1) is 0 Å². The van der Waals surface area contributed by atoms with Crippen molar-refractivity contribution in [1.82, 2.24) is 10.6 Å². The Labute approximate surface area is 142 Å². The van der Waals surface area contributed by atoms with Crippen LogP contribution in [0.5, 0.6) is 5.75 Å². The highest BCUT2D eigenvalue weighted by Crippen LogP contribution is 2.60. The maximum absolute atomic E-state index is 12.8. The molecule has 3 saturated carbocycles. The van der Waals surface area contributed by atoms with Crippen LogP contribution in [-0.4, -0.2) is 27.5 Å². The molecular weight excluding hydrogens is 395 g/mol. The minimum Gasteiger partial charge on any atom is -0.492 e. The lowest BCUT2D eigenvalue weighted by atomic mass is 9.44. The highest BCUT2D eigenvalue weighted by Gasteiger charge is 2.69. The summed E-state index contributed by atoms with van der Waals surface area (Å²) in [5.41, 5.74) is 0.119. The van der Waals surface area contributed by atoms with Crippen molar-refractivity contribution < 1.29 is 14.3 Å². The first-order chi connectivity index (χ1) is 10.4. The highest BCUT2D eigenvalue weighted by molar-refractivity contribution is 14.1. The van der Waals surface area contributed by atoms with E-state index in [-0.39, 0.29) is 20.9 Å². The molecule has 1 aromatic rings. The topological polar surface area (TPSA) is 67.4 Å². The number of hydrogen-bond acceptors (Lipinski definition) is 3. The van der Waals surface area contributed by atoms with Crippen LogP contribution in [0.15, 0.2) is 24.3 Å². The Kier molecular flexibility index (Phi) is 2.84. The standard InChI is InChI=1S/C16H17IN2O3/c1-14(9-22-11-5-3-2-4-10(11)14)12(20)18-15-6-16(7-15,8-15)19-13(17)21/h2-5H,6-9H2,1H3,(H,18,20)(H,19,21). The zero-order chi connectivity index (χ0) is 15.6. The molecule has 3 fully saturated rings. The zero-order valence-corrected chi connectivity index (χ0v) is 14.4. The van der Waals surface area contributed by atoms with Crippen LogP contribution in [0.2, 0.25) is 0 Å². The first-order valence-corrected chi connectivity index (χ1v) is 8.47. The second-order valence-corrected chi connectivity index (χ2v) is 8.04. The molecule has 2 bridgehead atoms. The summed E-state index contributed by atoms with van der Waals surface area (Å²) in [6.45, 7) is 2.31. The van der Waals surface area contributed by atoms with Crippen molar-refractivity contribution >= 4 is 32.4 Å². The maximum atomic E-state index is 12.8. The Morgan fingerprint density at radius 3 is 2.45 bits per heavy atom. The minimum atomic E-state index is -0.633. The monoisotopic (exact) mass is 412 g/mol. The molecule has 5 rings (SSSR count). The molecule has 22 heavy (non-hydrogen) atoms. The van der Waals surface area contributed by atoms with E-state index in [4.69, 9.17) is 4.74 Å². The van der Waals surface area contributed by atoms with Crippen LogP contribution in [0.4, 0.5) is 4.79 Å². The van der Waals surface area contributed by atoms with Crippen LogP contribution in [0.1, 0.15) is 31.7 Å². The number of ether oxygens (including phenoxy) is 1. The van der Waals surface area contributed by atoms with Crippen LogP contribution in [0.25, 0.3) is 0 Å². The van der Waals surface area contributed by atoms with Gasteiger partial charge >= 0.3 is 0 Å². The number of carbonyl (C=O) groups is 2. The second kappa shape index (κ2) is 4.37. The van der Waals surface area contributed by atoms with E-state index in [9.17, 15) is 9.59 Å². The van der Waals surface area contributed by atoms with E-state index in [1.54, 1.807) is 22.6 Å². The first-order valence-electron chi connectivity index (χ1n) is 7.39. The lowest BCUT2D eigenvalue weighted by Gasteiger charge is -2.70. The van der Waals surface area contributed by atoms with E-state index >= 15 is 0 Å². The molecule has 6 heteroatoms. The predicted molar refractivity (Wildman–Crippen MR) is 89.3 cm³/mol. The Morgan fingerprint density at radius 2 is 1.77 bits per heavy atom. The number of carbonyl (C=O) groups excluding carboxylic acids is 2. The summed E-state index contributed by atoms with van der Waals surface area (Å²) >= 11 is 1.76.